The highest BCUT2D eigenvalue weighted by Crippen LogP contribution is 2.40. The molecule has 3 aromatic carbocycles. The SMILES string of the molecule is CC.CC.CC.CC(C)C.CC(C)c1ccc2ccccc2c1.CCC1C=C(C(C)C)c2ccccc21.c1ccsc1. The van der Waals surface area contributed by atoms with Crippen LogP contribution in [0.15, 0.2) is 95.7 Å². The Morgan fingerprint density at radius 1 is 0.595 bits per heavy atom. The van der Waals surface area contributed by atoms with Crippen molar-refractivity contribution in [2.24, 2.45) is 11.8 Å². The Labute approximate surface area is 266 Å². The van der Waals surface area contributed by atoms with E-state index >= 15 is 0 Å². The highest BCUT2D eigenvalue weighted by molar-refractivity contribution is 7.07. The molecule has 0 N–H and O–H groups in total. The van der Waals surface area contributed by atoms with Gasteiger partial charge in [0.25, 0.3) is 0 Å². The van der Waals surface area contributed by atoms with E-state index in [2.05, 4.69) is 128 Å². The maximum Gasteiger partial charge on any atom is 0.00275 e. The standard InChI is InChI=1S/C14H18.C13H14.C4H4S.C4H10.3C2H6/c1-4-11-9-14(10(2)3)13-8-6-5-7-12(11)13;1-10(2)12-8-7-11-5-3-4-6-13(11)9-12;1-2-4-5-3-1;1-4(2)3;3*1-2/h5-11H,4H2,1-3H3;3-10H,1-2H3;1-4H;4H,1-3H3;3*1-2H3. The van der Waals surface area contributed by atoms with Crippen LogP contribution in [-0.2, 0) is 0 Å². The van der Waals surface area contributed by atoms with Gasteiger partial charge in [-0.05, 0) is 68.0 Å². The highest BCUT2D eigenvalue weighted by Gasteiger charge is 2.22. The van der Waals surface area contributed by atoms with Gasteiger partial charge in [0.1, 0.15) is 0 Å². The van der Waals surface area contributed by atoms with E-state index in [1.54, 1.807) is 11.3 Å². The molecule has 0 fully saturated rings. The molecule has 1 aliphatic carbocycles. The third-order valence-corrected chi connectivity index (χ3v) is 6.61. The van der Waals surface area contributed by atoms with E-state index in [-0.39, 0.29) is 0 Å². The molecule has 1 unspecified atom stereocenters. The van der Waals surface area contributed by atoms with E-state index < -0.39 is 0 Å². The molecule has 1 atom stereocenters. The molecule has 42 heavy (non-hydrogen) atoms. The molecule has 0 spiro atoms. The molecule has 4 aromatic rings. The number of hydrogen-bond donors (Lipinski definition) is 0. The van der Waals surface area contributed by atoms with Crippen molar-refractivity contribution < 1.29 is 0 Å². The van der Waals surface area contributed by atoms with Gasteiger partial charge in [-0.15, -0.1) is 0 Å². The fourth-order valence-electron chi connectivity index (χ4n) is 4.11. The van der Waals surface area contributed by atoms with Crippen LogP contribution in [0.5, 0.6) is 0 Å². The van der Waals surface area contributed by atoms with Crippen LogP contribution in [0.4, 0.5) is 0 Å². The van der Waals surface area contributed by atoms with Crippen molar-refractivity contribution in [3.63, 3.8) is 0 Å². The Balaban J connectivity index is 0. The van der Waals surface area contributed by atoms with E-state index in [1.165, 1.54) is 39.5 Å². The summed E-state index contributed by atoms with van der Waals surface area (Å²) < 4.78 is 0. The van der Waals surface area contributed by atoms with Gasteiger partial charge in [0, 0.05) is 5.92 Å². The zero-order chi connectivity index (χ0) is 32.5. The monoisotopic (exact) mass is 588 g/mol. The van der Waals surface area contributed by atoms with Gasteiger partial charge in [0.05, 0.1) is 0 Å². The lowest BCUT2D eigenvalue weighted by Gasteiger charge is -2.09. The number of benzene rings is 3. The largest absolute Gasteiger partial charge is 0.152 e. The van der Waals surface area contributed by atoms with Crippen LogP contribution in [0.3, 0.4) is 0 Å². The van der Waals surface area contributed by atoms with Gasteiger partial charge in [0.15, 0.2) is 0 Å². The molecule has 234 valence electrons. The van der Waals surface area contributed by atoms with Crippen molar-refractivity contribution in [3.05, 3.63) is 112 Å². The summed E-state index contributed by atoms with van der Waals surface area (Å²) in [5.74, 6) is 2.75. The van der Waals surface area contributed by atoms with Crippen LogP contribution >= 0.6 is 11.3 Å². The van der Waals surface area contributed by atoms with Crippen molar-refractivity contribution >= 4 is 27.7 Å². The predicted molar refractivity (Wildman–Crippen MR) is 199 cm³/mol. The van der Waals surface area contributed by atoms with Crippen LogP contribution < -0.4 is 0 Å². The fraction of sp³-hybridized carbons (Fsp3) is 0.463. The highest BCUT2D eigenvalue weighted by atomic mass is 32.1. The average molecular weight is 589 g/mol. The van der Waals surface area contributed by atoms with Gasteiger partial charge < -0.3 is 0 Å². The van der Waals surface area contributed by atoms with Crippen LogP contribution in [0.1, 0.15) is 132 Å². The molecule has 5 rings (SSSR count). The molecule has 1 aromatic heterocycles. The lowest BCUT2D eigenvalue weighted by atomic mass is 9.96. The Morgan fingerprint density at radius 3 is 1.55 bits per heavy atom. The third-order valence-electron chi connectivity index (χ3n) is 5.98. The molecule has 0 radical (unpaired) electrons. The quantitative estimate of drug-likeness (QED) is 0.223. The first-order valence-corrected chi connectivity index (χ1v) is 17.5. The van der Waals surface area contributed by atoms with Gasteiger partial charge in [-0.25, -0.2) is 0 Å². The zero-order valence-corrected chi connectivity index (χ0v) is 30.5. The second-order valence-corrected chi connectivity index (χ2v) is 11.5. The molecule has 1 heteroatoms. The molecular weight excluding hydrogens is 525 g/mol. The smallest absolute Gasteiger partial charge is 0.00275 e. The minimum Gasteiger partial charge on any atom is -0.152 e. The summed E-state index contributed by atoms with van der Waals surface area (Å²) in [6, 6.07) is 28.1. The summed E-state index contributed by atoms with van der Waals surface area (Å²) in [5.41, 5.74) is 5.96. The minimum atomic E-state index is 0.615. The van der Waals surface area contributed by atoms with Gasteiger partial charge in [0.2, 0.25) is 0 Å². The first-order chi connectivity index (χ1) is 20.2. The fourth-order valence-corrected chi connectivity index (χ4v) is 4.57. The van der Waals surface area contributed by atoms with Gasteiger partial charge in [-0.2, -0.15) is 11.3 Å². The molecule has 0 saturated carbocycles. The normalized spacial score (nSPS) is 12.2. The summed E-state index contributed by atoms with van der Waals surface area (Å²) in [7, 11) is 0. The summed E-state index contributed by atoms with van der Waals surface area (Å²) >= 11 is 1.71. The summed E-state index contributed by atoms with van der Waals surface area (Å²) in [6.45, 7) is 29.8. The molecule has 0 bridgehead atoms. The summed E-state index contributed by atoms with van der Waals surface area (Å²) in [6.07, 6.45) is 3.67. The number of allylic oxidation sites excluding steroid dienone is 2. The van der Waals surface area contributed by atoms with Crippen molar-refractivity contribution in [1.82, 2.24) is 0 Å². The second-order valence-electron chi connectivity index (χ2n) is 10.7. The molecular formula is C41H64S. The van der Waals surface area contributed by atoms with Crippen LogP contribution in [-0.4, -0.2) is 0 Å². The summed E-state index contributed by atoms with van der Waals surface area (Å²) in [4.78, 5) is 0. The molecule has 1 aliphatic rings. The minimum absolute atomic E-state index is 0.615. The first-order valence-electron chi connectivity index (χ1n) is 16.5. The van der Waals surface area contributed by atoms with E-state index in [9.17, 15) is 0 Å². The van der Waals surface area contributed by atoms with Crippen molar-refractivity contribution in [2.75, 3.05) is 0 Å². The molecule has 0 saturated heterocycles. The van der Waals surface area contributed by atoms with Gasteiger partial charge in [-0.3, -0.25) is 0 Å². The lowest BCUT2D eigenvalue weighted by Crippen LogP contribution is -1.92. The van der Waals surface area contributed by atoms with Crippen molar-refractivity contribution in [1.29, 1.82) is 0 Å². The first kappa shape index (κ1) is 41.5. The van der Waals surface area contributed by atoms with Crippen molar-refractivity contribution in [3.8, 4) is 0 Å². The van der Waals surface area contributed by atoms with Crippen LogP contribution in [0.2, 0.25) is 0 Å². The van der Waals surface area contributed by atoms with Gasteiger partial charge in [-0.1, -0.05) is 182 Å². The predicted octanol–water partition coefficient (Wildman–Crippen LogP) is 14.7. The van der Waals surface area contributed by atoms with Crippen LogP contribution in [0.25, 0.3) is 16.3 Å². The van der Waals surface area contributed by atoms with E-state index in [4.69, 9.17) is 0 Å². The Morgan fingerprint density at radius 2 is 1.10 bits per heavy atom. The number of thiophene rings is 1. The van der Waals surface area contributed by atoms with E-state index in [0.29, 0.717) is 17.8 Å². The maximum absolute atomic E-state index is 2.45. The molecule has 0 aliphatic heterocycles. The molecule has 0 amide bonds. The Kier molecular flexibility index (Phi) is 25.7. The third kappa shape index (κ3) is 16.1. The zero-order valence-electron chi connectivity index (χ0n) is 29.7. The average Bonchev–Trinajstić information content (AvgIpc) is 3.72. The van der Waals surface area contributed by atoms with Crippen LogP contribution in [0, 0.1) is 11.8 Å². The molecule has 0 nitrogen and oxygen atoms in total. The number of rotatable bonds is 3. The number of fused-ring (bicyclic) bond motifs is 2. The summed E-state index contributed by atoms with van der Waals surface area (Å²) in [5, 5.41) is 6.75. The maximum atomic E-state index is 2.45. The lowest BCUT2D eigenvalue weighted by molar-refractivity contribution is 0.737. The Hall–Kier alpha value is -2.64. The number of hydrogen-bond acceptors (Lipinski definition) is 1. The van der Waals surface area contributed by atoms with Crippen molar-refractivity contribution in [2.45, 2.75) is 115 Å². The topological polar surface area (TPSA) is 0 Å². The molecule has 1 heterocycles. The van der Waals surface area contributed by atoms with E-state index in [0.717, 1.165) is 5.92 Å². The Bertz CT molecular complexity index is 1140. The van der Waals surface area contributed by atoms with E-state index in [1.807, 2.05) is 64.4 Å². The second kappa shape index (κ2) is 26.0. The van der Waals surface area contributed by atoms with Gasteiger partial charge >= 0.3 is 0 Å².